The number of aryl methyl sites for hydroxylation is 1. The lowest BCUT2D eigenvalue weighted by atomic mass is 9.94. The summed E-state index contributed by atoms with van der Waals surface area (Å²) in [6, 6.07) is 13.5. The summed E-state index contributed by atoms with van der Waals surface area (Å²) in [5, 5.41) is 23.6. The summed E-state index contributed by atoms with van der Waals surface area (Å²) in [6.45, 7) is 1.55. The molecule has 0 aliphatic carbocycles. The van der Waals surface area contributed by atoms with Crippen LogP contribution in [-0.2, 0) is 16.4 Å². The smallest absolute Gasteiger partial charge is 0.397 e. The second-order valence-electron chi connectivity index (χ2n) is 12.2. The van der Waals surface area contributed by atoms with E-state index >= 15 is 0 Å². The number of sulfonamides is 1. The molecule has 258 valence electrons. The van der Waals surface area contributed by atoms with Gasteiger partial charge in [-0.1, -0.05) is 43.2 Å². The third-order valence-corrected chi connectivity index (χ3v) is 9.22. The Bertz CT molecular complexity index is 1820. The van der Waals surface area contributed by atoms with Gasteiger partial charge in [0, 0.05) is 30.9 Å². The van der Waals surface area contributed by atoms with Crippen LogP contribution in [0.15, 0.2) is 66.0 Å². The van der Waals surface area contributed by atoms with Gasteiger partial charge in [-0.05, 0) is 50.8 Å². The lowest BCUT2D eigenvalue weighted by Crippen LogP contribution is -2.37. The number of rotatable bonds is 7. The SMILES string of the molecule is CC(C)(COc1ccn(-c2ncc3nc2-c2ccccc2CCCCCCN(C[C@@H](O)CO)c2cccc(n2)S(=O)(=O)N3)n1)C(F)(F)F. The minimum atomic E-state index is -4.47. The summed E-state index contributed by atoms with van der Waals surface area (Å²) in [4.78, 5) is 15.3. The van der Waals surface area contributed by atoms with Crippen molar-refractivity contribution in [3.8, 4) is 23.0 Å². The lowest BCUT2D eigenvalue weighted by Gasteiger charge is -2.26. The lowest BCUT2D eigenvalue weighted by molar-refractivity contribution is -0.219. The number of pyridine rings is 1. The van der Waals surface area contributed by atoms with Crippen LogP contribution in [0.25, 0.3) is 17.1 Å². The van der Waals surface area contributed by atoms with Crippen LogP contribution in [0.5, 0.6) is 5.88 Å². The number of benzene rings is 1. The van der Waals surface area contributed by atoms with E-state index in [1.807, 2.05) is 24.3 Å². The van der Waals surface area contributed by atoms with Crippen LogP contribution >= 0.6 is 0 Å². The number of anilines is 2. The van der Waals surface area contributed by atoms with Crippen molar-refractivity contribution in [3.05, 3.63) is 66.5 Å². The number of hydrogen-bond acceptors (Lipinski definition) is 10. The van der Waals surface area contributed by atoms with Crippen molar-refractivity contribution < 1.29 is 36.5 Å². The van der Waals surface area contributed by atoms with Crippen molar-refractivity contribution in [1.82, 2.24) is 24.7 Å². The number of hydrogen-bond donors (Lipinski definition) is 3. The first-order chi connectivity index (χ1) is 22.8. The predicted molar refractivity (Wildman–Crippen MR) is 172 cm³/mol. The van der Waals surface area contributed by atoms with Gasteiger partial charge in [-0.25, -0.2) is 19.6 Å². The minimum Gasteiger partial charge on any atom is -0.476 e. The molecular formula is C32H38F3N7O5S. The maximum atomic E-state index is 13.6. The van der Waals surface area contributed by atoms with Gasteiger partial charge >= 0.3 is 6.18 Å². The van der Waals surface area contributed by atoms with E-state index in [1.165, 1.54) is 29.2 Å². The van der Waals surface area contributed by atoms with E-state index in [2.05, 4.69) is 24.8 Å². The van der Waals surface area contributed by atoms with E-state index in [9.17, 15) is 31.8 Å². The molecule has 16 heteroatoms. The van der Waals surface area contributed by atoms with Crippen LogP contribution in [0, 0.1) is 5.41 Å². The number of aliphatic hydroxyl groups is 2. The molecule has 0 saturated heterocycles. The molecule has 3 N–H and O–H groups in total. The molecule has 4 heterocycles. The maximum Gasteiger partial charge on any atom is 0.397 e. The second kappa shape index (κ2) is 14.5. The number of aromatic nitrogens is 5. The summed E-state index contributed by atoms with van der Waals surface area (Å²) in [5.41, 5.74) is -0.183. The molecule has 0 radical (unpaired) electrons. The Balaban J connectivity index is 1.54. The third kappa shape index (κ3) is 8.22. The minimum absolute atomic E-state index is 0.0461. The first-order valence-electron chi connectivity index (χ1n) is 15.5. The van der Waals surface area contributed by atoms with Crippen LogP contribution in [0.3, 0.4) is 0 Å². The largest absolute Gasteiger partial charge is 0.476 e. The number of alkyl halides is 3. The fourth-order valence-electron chi connectivity index (χ4n) is 5.09. The highest BCUT2D eigenvalue weighted by Crippen LogP contribution is 2.38. The van der Waals surface area contributed by atoms with Gasteiger partial charge in [-0.3, -0.25) is 4.72 Å². The average Bonchev–Trinajstić information content (AvgIpc) is 3.53. The summed E-state index contributed by atoms with van der Waals surface area (Å²) < 4.78 is 76.5. The average molecular weight is 690 g/mol. The highest BCUT2D eigenvalue weighted by atomic mass is 32.2. The second-order valence-corrected chi connectivity index (χ2v) is 13.9. The molecule has 4 bridgehead atoms. The van der Waals surface area contributed by atoms with Crippen molar-refractivity contribution in [2.75, 3.05) is 35.9 Å². The summed E-state index contributed by atoms with van der Waals surface area (Å²) >= 11 is 0. The van der Waals surface area contributed by atoms with E-state index in [4.69, 9.17) is 4.74 Å². The molecule has 1 aliphatic rings. The van der Waals surface area contributed by atoms with Crippen LogP contribution in [0.2, 0.25) is 0 Å². The number of nitrogens with zero attached hydrogens (tertiary/aromatic N) is 6. The fraction of sp³-hybridized carbons (Fsp3) is 0.438. The molecule has 12 nitrogen and oxygen atoms in total. The molecule has 48 heavy (non-hydrogen) atoms. The van der Waals surface area contributed by atoms with Gasteiger partial charge in [0.15, 0.2) is 16.7 Å². The Morgan fingerprint density at radius 3 is 2.56 bits per heavy atom. The van der Waals surface area contributed by atoms with E-state index in [0.717, 1.165) is 45.1 Å². The number of halogens is 3. The van der Waals surface area contributed by atoms with E-state index in [-0.39, 0.29) is 29.1 Å². The van der Waals surface area contributed by atoms with Gasteiger partial charge in [-0.15, -0.1) is 5.10 Å². The predicted octanol–water partition coefficient (Wildman–Crippen LogP) is 4.77. The Hall–Kier alpha value is -4.28. The van der Waals surface area contributed by atoms with Crippen LogP contribution in [0.4, 0.5) is 24.8 Å². The molecule has 4 aromatic rings. The third-order valence-electron chi connectivity index (χ3n) is 7.97. The summed E-state index contributed by atoms with van der Waals surface area (Å²) in [7, 11) is -4.27. The normalized spacial score (nSPS) is 16.4. The van der Waals surface area contributed by atoms with Gasteiger partial charge in [0.05, 0.1) is 24.3 Å². The van der Waals surface area contributed by atoms with Crippen LogP contribution in [-0.4, -0.2) is 81.9 Å². The van der Waals surface area contributed by atoms with Gasteiger partial charge < -0.3 is 19.8 Å². The fourth-order valence-corrected chi connectivity index (χ4v) is 6.04. The first-order valence-corrected chi connectivity index (χ1v) is 17.0. The Kier molecular flexibility index (Phi) is 10.6. The van der Waals surface area contributed by atoms with Crippen molar-refractivity contribution in [2.24, 2.45) is 5.41 Å². The summed E-state index contributed by atoms with van der Waals surface area (Å²) in [5.74, 6) is 0.407. The highest BCUT2D eigenvalue weighted by Gasteiger charge is 2.48. The van der Waals surface area contributed by atoms with E-state index < -0.39 is 40.9 Å². The number of aliphatic hydroxyl groups excluding tert-OH is 2. The van der Waals surface area contributed by atoms with Crippen molar-refractivity contribution >= 4 is 21.7 Å². The molecule has 0 spiro atoms. The number of nitrogens with one attached hydrogen (secondary N) is 1. The number of fused-ring (bicyclic) bond motifs is 6. The zero-order valence-electron chi connectivity index (χ0n) is 26.6. The number of ether oxygens (including phenoxy) is 1. The first kappa shape index (κ1) is 35.0. The van der Waals surface area contributed by atoms with Gasteiger partial charge in [-0.2, -0.15) is 21.6 Å². The zero-order valence-corrected chi connectivity index (χ0v) is 27.4. The molecule has 0 unspecified atom stereocenters. The maximum absolute atomic E-state index is 13.6. The monoisotopic (exact) mass is 689 g/mol. The quantitative estimate of drug-likeness (QED) is 0.247. The molecule has 1 aromatic carbocycles. The van der Waals surface area contributed by atoms with Crippen molar-refractivity contribution in [3.63, 3.8) is 0 Å². The van der Waals surface area contributed by atoms with E-state index in [0.29, 0.717) is 30.0 Å². The molecule has 3 aromatic heterocycles. The molecule has 0 saturated carbocycles. The van der Waals surface area contributed by atoms with Crippen LogP contribution < -0.4 is 14.4 Å². The summed E-state index contributed by atoms with van der Waals surface area (Å²) in [6.07, 6.45) is 1.21. The Morgan fingerprint density at radius 2 is 1.79 bits per heavy atom. The number of β-amino-alcohol motifs (C(OH)–C–C–N with tert-alkyl or cyclic N) is 1. The molecule has 5 rings (SSSR count). The molecular weight excluding hydrogens is 651 g/mol. The highest BCUT2D eigenvalue weighted by molar-refractivity contribution is 7.92. The molecule has 1 atom stereocenters. The molecule has 0 amide bonds. The van der Waals surface area contributed by atoms with Gasteiger partial charge in [0.25, 0.3) is 10.0 Å². The van der Waals surface area contributed by atoms with Crippen molar-refractivity contribution in [2.45, 2.75) is 63.3 Å². The van der Waals surface area contributed by atoms with Gasteiger partial charge in [0.1, 0.15) is 18.1 Å². The zero-order chi connectivity index (χ0) is 34.5. The Labute approximate surface area is 276 Å². The van der Waals surface area contributed by atoms with Crippen molar-refractivity contribution in [1.29, 1.82) is 0 Å². The standard InChI is InChI=1S/C32H38F3N7O5S/c1-31(2,32(33,34)35)21-47-27-15-17-42(39-27)30-29-24-12-7-6-11-22(24)10-5-3-4-8-16-41(19-23(44)20-43)26-13-9-14-28(38-26)48(45,46)40-25(37-29)18-36-30/h6-7,9,11-15,17-18,23,43-44H,3-5,8,10,16,19-21H2,1-2H3,(H,37,40)/t23-/m1/s1. The molecule has 1 aliphatic heterocycles. The molecule has 0 fully saturated rings. The van der Waals surface area contributed by atoms with Gasteiger partial charge in [0.2, 0.25) is 5.88 Å². The topological polar surface area (TPSA) is 156 Å². The van der Waals surface area contributed by atoms with Crippen LogP contribution in [0.1, 0.15) is 45.1 Å². The van der Waals surface area contributed by atoms with E-state index in [1.54, 1.807) is 17.0 Å². The Morgan fingerprint density at radius 1 is 1.02 bits per heavy atom.